The van der Waals surface area contributed by atoms with Gasteiger partial charge in [-0.2, -0.15) is 5.26 Å². The van der Waals surface area contributed by atoms with Crippen LogP contribution in [0.15, 0.2) is 29.0 Å². The maximum absolute atomic E-state index is 13.4. The molecular weight excluding hydrogens is 228 g/mol. The van der Waals surface area contributed by atoms with Crippen LogP contribution in [0.1, 0.15) is 11.3 Å². The molecular formula is C11H7F2N3O. The van der Waals surface area contributed by atoms with Gasteiger partial charge in [-0.25, -0.2) is 8.78 Å². The van der Waals surface area contributed by atoms with Crippen molar-refractivity contribution in [1.29, 1.82) is 5.26 Å². The van der Waals surface area contributed by atoms with Crippen LogP contribution in [0.25, 0.3) is 0 Å². The summed E-state index contributed by atoms with van der Waals surface area (Å²) in [5, 5.41) is 14.7. The van der Waals surface area contributed by atoms with E-state index in [9.17, 15) is 8.78 Å². The molecule has 0 amide bonds. The van der Waals surface area contributed by atoms with E-state index in [0.29, 0.717) is 5.69 Å². The summed E-state index contributed by atoms with van der Waals surface area (Å²) in [5.74, 6) is -1.63. The standard InChI is InChI=1S/C11H7F2N3O/c12-9-3-7(5-14)4-10(13)11(9)15-6-8-1-2-17-16-8/h1-4,15H,6H2. The van der Waals surface area contributed by atoms with Gasteiger partial charge in [-0.05, 0) is 12.1 Å². The molecule has 1 N–H and O–H groups in total. The number of rotatable bonds is 3. The number of anilines is 1. The van der Waals surface area contributed by atoms with Gasteiger partial charge in [0.15, 0.2) is 11.6 Å². The van der Waals surface area contributed by atoms with E-state index in [1.165, 1.54) is 6.26 Å². The van der Waals surface area contributed by atoms with Crippen molar-refractivity contribution in [2.75, 3.05) is 5.32 Å². The van der Waals surface area contributed by atoms with Crippen LogP contribution < -0.4 is 5.32 Å². The van der Waals surface area contributed by atoms with Crippen molar-refractivity contribution in [1.82, 2.24) is 5.16 Å². The molecule has 0 unspecified atom stereocenters. The van der Waals surface area contributed by atoms with E-state index in [2.05, 4.69) is 15.0 Å². The van der Waals surface area contributed by atoms with Crippen molar-refractivity contribution in [3.8, 4) is 6.07 Å². The predicted molar refractivity (Wildman–Crippen MR) is 54.9 cm³/mol. The normalized spacial score (nSPS) is 9.94. The molecule has 1 heterocycles. The van der Waals surface area contributed by atoms with Gasteiger partial charge in [-0.1, -0.05) is 5.16 Å². The highest BCUT2D eigenvalue weighted by atomic mass is 19.1. The molecule has 0 radical (unpaired) electrons. The molecule has 4 nitrogen and oxygen atoms in total. The highest BCUT2D eigenvalue weighted by Crippen LogP contribution is 2.21. The van der Waals surface area contributed by atoms with Crippen LogP contribution in [-0.2, 0) is 6.54 Å². The number of hydrogen-bond donors (Lipinski definition) is 1. The van der Waals surface area contributed by atoms with Gasteiger partial charge in [-0.15, -0.1) is 0 Å². The zero-order valence-electron chi connectivity index (χ0n) is 8.58. The highest BCUT2D eigenvalue weighted by Gasteiger charge is 2.11. The molecule has 0 aliphatic carbocycles. The zero-order valence-corrected chi connectivity index (χ0v) is 8.58. The van der Waals surface area contributed by atoms with E-state index in [-0.39, 0.29) is 17.8 Å². The number of aromatic nitrogens is 1. The second kappa shape index (κ2) is 4.61. The molecule has 6 heteroatoms. The molecule has 0 atom stereocenters. The third-order valence-electron chi connectivity index (χ3n) is 2.11. The highest BCUT2D eigenvalue weighted by molar-refractivity contribution is 5.50. The summed E-state index contributed by atoms with van der Waals surface area (Å²) >= 11 is 0. The number of benzene rings is 1. The van der Waals surface area contributed by atoms with E-state index < -0.39 is 11.6 Å². The third kappa shape index (κ3) is 2.39. The Hall–Kier alpha value is -2.42. The molecule has 0 saturated heterocycles. The van der Waals surface area contributed by atoms with Gasteiger partial charge in [0.05, 0.1) is 18.2 Å². The van der Waals surface area contributed by atoms with Crippen LogP contribution >= 0.6 is 0 Å². The number of halogens is 2. The molecule has 1 aromatic carbocycles. The molecule has 0 aliphatic rings. The van der Waals surface area contributed by atoms with Crippen LogP contribution in [0.5, 0.6) is 0 Å². The van der Waals surface area contributed by atoms with Gasteiger partial charge in [0.2, 0.25) is 0 Å². The molecule has 0 bridgehead atoms. The van der Waals surface area contributed by atoms with Crippen LogP contribution in [0, 0.1) is 23.0 Å². The SMILES string of the molecule is N#Cc1cc(F)c(NCc2ccon2)c(F)c1. The molecule has 0 aliphatic heterocycles. The lowest BCUT2D eigenvalue weighted by Crippen LogP contribution is -2.04. The monoisotopic (exact) mass is 235 g/mol. The van der Waals surface area contributed by atoms with Gasteiger partial charge in [-0.3, -0.25) is 0 Å². The molecule has 0 fully saturated rings. The van der Waals surface area contributed by atoms with E-state index >= 15 is 0 Å². The fourth-order valence-corrected chi connectivity index (χ4v) is 1.31. The third-order valence-corrected chi connectivity index (χ3v) is 2.11. The van der Waals surface area contributed by atoms with Gasteiger partial charge < -0.3 is 9.84 Å². The van der Waals surface area contributed by atoms with Crippen molar-refractivity contribution >= 4 is 5.69 Å². The number of hydrogen-bond acceptors (Lipinski definition) is 4. The minimum atomic E-state index is -0.815. The van der Waals surface area contributed by atoms with Crippen molar-refractivity contribution in [2.24, 2.45) is 0 Å². The second-order valence-electron chi connectivity index (χ2n) is 3.27. The molecule has 2 aromatic rings. The first-order valence-corrected chi connectivity index (χ1v) is 4.73. The summed E-state index contributed by atoms with van der Waals surface area (Å²) in [6, 6.07) is 5.18. The molecule has 0 saturated carbocycles. The van der Waals surface area contributed by atoms with Crippen LogP contribution in [0.2, 0.25) is 0 Å². The molecule has 1 aromatic heterocycles. The van der Waals surface area contributed by atoms with Crippen LogP contribution in [0.3, 0.4) is 0 Å². The second-order valence-corrected chi connectivity index (χ2v) is 3.27. The Balaban J connectivity index is 2.19. The number of nitriles is 1. The van der Waals surface area contributed by atoms with Gasteiger partial charge in [0, 0.05) is 6.07 Å². The average Bonchev–Trinajstić information content (AvgIpc) is 2.80. The van der Waals surface area contributed by atoms with Crippen LogP contribution in [-0.4, -0.2) is 5.16 Å². The lowest BCUT2D eigenvalue weighted by atomic mass is 10.2. The number of nitrogens with zero attached hydrogens (tertiary/aromatic N) is 2. The summed E-state index contributed by atoms with van der Waals surface area (Å²) < 4.78 is 31.4. The first-order valence-electron chi connectivity index (χ1n) is 4.73. The minimum Gasteiger partial charge on any atom is -0.375 e. The molecule has 86 valence electrons. The topological polar surface area (TPSA) is 61.9 Å². The molecule has 17 heavy (non-hydrogen) atoms. The first-order chi connectivity index (χ1) is 8.20. The van der Waals surface area contributed by atoms with Crippen molar-refractivity contribution in [3.63, 3.8) is 0 Å². The quantitative estimate of drug-likeness (QED) is 0.887. The molecule has 0 spiro atoms. The Labute approximate surface area is 95.5 Å². The van der Waals surface area contributed by atoms with Crippen LogP contribution in [0.4, 0.5) is 14.5 Å². The van der Waals surface area contributed by atoms with E-state index in [1.54, 1.807) is 12.1 Å². The summed E-state index contributed by atoms with van der Waals surface area (Å²) in [7, 11) is 0. The van der Waals surface area contributed by atoms with E-state index in [0.717, 1.165) is 12.1 Å². The smallest absolute Gasteiger partial charge is 0.150 e. The predicted octanol–water partition coefficient (Wildman–Crippen LogP) is 2.44. The van der Waals surface area contributed by atoms with Gasteiger partial charge >= 0.3 is 0 Å². The van der Waals surface area contributed by atoms with E-state index in [4.69, 9.17) is 5.26 Å². The average molecular weight is 235 g/mol. The van der Waals surface area contributed by atoms with Gasteiger partial charge in [0.25, 0.3) is 0 Å². The number of nitrogens with one attached hydrogen (secondary N) is 1. The van der Waals surface area contributed by atoms with Crippen molar-refractivity contribution < 1.29 is 13.3 Å². The Morgan fingerprint density at radius 3 is 2.59 bits per heavy atom. The Bertz CT molecular complexity index is 538. The Kier molecular flexibility index (Phi) is 3.01. The van der Waals surface area contributed by atoms with Crippen molar-refractivity contribution in [3.05, 3.63) is 47.4 Å². The largest absolute Gasteiger partial charge is 0.375 e. The first kappa shape index (κ1) is 11.1. The fourth-order valence-electron chi connectivity index (χ4n) is 1.31. The van der Waals surface area contributed by atoms with Crippen molar-refractivity contribution in [2.45, 2.75) is 6.54 Å². The summed E-state index contributed by atoms with van der Waals surface area (Å²) in [6.07, 6.45) is 1.36. The fraction of sp³-hybridized carbons (Fsp3) is 0.0909. The van der Waals surface area contributed by atoms with E-state index in [1.807, 2.05) is 0 Å². The Morgan fingerprint density at radius 2 is 2.06 bits per heavy atom. The molecule has 2 rings (SSSR count). The summed E-state index contributed by atoms with van der Waals surface area (Å²) in [6.45, 7) is 0.135. The lowest BCUT2D eigenvalue weighted by molar-refractivity contribution is 0.412. The zero-order chi connectivity index (χ0) is 12.3. The summed E-state index contributed by atoms with van der Waals surface area (Å²) in [5.41, 5.74) is 0.173. The minimum absolute atomic E-state index is 0.0630. The summed E-state index contributed by atoms with van der Waals surface area (Å²) in [4.78, 5) is 0. The lowest BCUT2D eigenvalue weighted by Gasteiger charge is -2.07. The van der Waals surface area contributed by atoms with Gasteiger partial charge in [0.1, 0.15) is 17.6 Å². The maximum Gasteiger partial charge on any atom is 0.150 e. The Morgan fingerprint density at radius 1 is 1.35 bits per heavy atom. The maximum atomic E-state index is 13.4.